The number of nitrogens with zero attached hydrogens (tertiary/aromatic N) is 6. The molecule has 0 spiro atoms. The number of aromatic nitrogens is 4. The van der Waals surface area contributed by atoms with Crippen LogP contribution < -0.4 is 10.5 Å². The normalized spacial score (nSPS) is 19.9. The van der Waals surface area contributed by atoms with E-state index in [9.17, 15) is 4.79 Å². The number of likely N-dealkylation sites (tertiary alicyclic amines) is 1. The Kier molecular flexibility index (Phi) is 5.60. The van der Waals surface area contributed by atoms with Crippen molar-refractivity contribution >= 4 is 34.4 Å². The highest BCUT2D eigenvalue weighted by Gasteiger charge is 2.38. The SMILES string of the molecule is CC(=O)N1CC(N2Cc3c(F)c(Cl)cc(C(C)n4nc(C)c5c(N)ncnc54)c3OC(C)C2)C1. The van der Waals surface area contributed by atoms with Crippen LogP contribution in [0.4, 0.5) is 10.2 Å². The van der Waals surface area contributed by atoms with Gasteiger partial charge in [0.15, 0.2) is 5.65 Å². The molecule has 2 N–H and O–H groups in total. The number of halogens is 2. The predicted octanol–water partition coefficient (Wildman–Crippen LogP) is 2.93. The number of nitrogens with two attached hydrogens (primary N) is 1. The molecule has 2 aliphatic rings. The number of anilines is 1. The molecule has 1 aromatic carbocycles. The quantitative estimate of drug-likeness (QED) is 0.606. The third kappa shape index (κ3) is 3.65. The number of ether oxygens (including phenoxy) is 1. The van der Waals surface area contributed by atoms with Gasteiger partial charge in [-0.3, -0.25) is 9.69 Å². The lowest BCUT2D eigenvalue weighted by molar-refractivity contribution is -0.136. The fraction of sp³-hybridized carbons (Fsp3) is 0.478. The molecular weight excluding hydrogens is 461 g/mol. The monoisotopic (exact) mass is 487 g/mol. The number of nitrogen functional groups attached to an aromatic ring is 1. The smallest absolute Gasteiger partial charge is 0.219 e. The van der Waals surface area contributed by atoms with Crippen LogP contribution >= 0.6 is 11.6 Å². The molecule has 2 unspecified atom stereocenters. The topological polar surface area (TPSA) is 102 Å². The van der Waals surface area contributed by atoms with Gasteiger partial charge in [-0.25, -0.2) is 19.0 Å². The molecule has 180 valence electrons. The van der Waals surface area contributed by atoms with Gasteiger partial charge in [0.1, 0.15) is 29.8 Å². The summed E-state index contributed by atoms with van der Waals surface area (Å²) >= 11 is 6.38. The summed E-state index contributed by atoms with van der Waals surface area (Å²) in [6.07, 6.45) is 1.22. The fourth-order valence-electron chi connectivity index (χ4n) is 4.90. The minimum Gasteiger partial charge on any atom is -0.489 e. The number of hydrogen-bond donors (Lipinski definition) is 1. The largest absolute Gasteiger partial charge is 0.489 e. The second-order valence-electron chi connectivity index (χ2n) is 9.17. The van der Waals surface area contributed by atoms with Crippen molar-refractivity contribution in [2.45, 2.75) is 52.4 Å². The van der Waals surface area contributed by atoms with Crippen molar-refractivity contribution in [1.82, 2.24) is 29.5 Å². The number of aryl methyl sites for hydroxylation is 1. The van der Waals surface area contributed by atoms with E-state index in [0.717, 1.165) is 5.56 Å². The Bertz CT molecular complexity index is 1290. The molecule has 1 amide bonds. The lowest BCUT2D eigenvalue weighted by atomic mass is 10.0. The Labute approximate surface area is 201 Å². The van der Waals surface area contributed by atoms with Crippen LogP contribution in [0.15, 0.2) is 12.4 Å². The molecule has 0 saturated carbocycles. The second kappa shape index (κ2) is 8.35. The summed E-state index contributed by atoms with van der Waals surface area (Å²) in [7, 11) is 0. The summed E-state index contributed by atoms with van der Waals surface area (Å²) < 4.78 is 23.4. The Hall–Kier alpha value is -2.98. The molecule has 2 aliphatic heterocycles. The number of hydrogen-bond acceptors (Lipinski definition) is 7. The fourth-order valence-corrected chi connectivity index (χ4v) is 5.13. The van der Waals surface area contributed by atoms with Crippen molar-refractivity contribution in [3.63, 3.8) is 0 Å². The first-order valence-electron chi connectivity index (χ1n) is 11.3. The van der Waals surface area contributed by atoms with Gasteiger partial charge in [0, 0.05) is 50.3 Å². The molecular formula is C23H27ClFN7O2. The molecule has 11 heteroatoms. The van der Waals surface area contributed by atoms with Crippen molar-refractivity contribution in [2.75, 3.05) is 25.4 Å². The molecule has 4 heterocycles. The van der Waals surface area contributed by atoms with Crippen LogP contribution in [-0.2, 0) is 11.3 Å². The maximum absolute atomic E-state index is 15.3. The van der Waals surface area contributed by atoms with Gasteiger partial charge in [0.25, 0.3) is 0 Å². The molecule has 34 heavy (non-hydrogen) atoms. The highest BCUT2D eigenvalue weighted by molar-refractivity contribution is 6.31. The average Bonchev–Trinajstić information content (AvgIpc) is 2.98. The standard InChI is InChI=1S/C23H27ClFN7O2/c1-11-6-31(15-7-30(8-15)14(4)33)9-17-20(25)18(24)5-16(21(17)34-11)13(3)32-23-19(12(2)29-32)22(26)27-10-28-23/h5,10-11,13,15H,6-9H2,1-4H3,(H2,26,27,28). The molecule has 1 fully saturated rings. The molecule has 2 atom stereocenters. The van der Waals surface area contributed by atoms with Crippen LogP contribution in [0.5, 0.6) is 5.75 Å². The molecule has 0 radical (unpaired) electrons. The van der Waals surface area contributed by atoms with E-state index in [1.54, 1.807) is 22.6 Å². The number of amides is 1. The van der Waals surface area contributed by atoms with Crippen LogP contribution in [0, 0.1) is 12.7 Å². The highest BCUT2D eigenvalue weighted by Crippen LogP contribution is 2.41. The van der Waals surface area contributed by atoms with E-state index in [1.807, 2.05) is 20.8 Å². The molecule has 5 rings (SSSR count). The number of rotatable bonds is 3. The number of fused-ring (bicyclic) bond motifs is 2. The van der Waals surface area contributed by atoms with Gasteiger partial charge in [-0.2, -0.15) is 5.10 Å². The Morgan fingerprint density at radius 1 is 1.32 bits per heavy atom. The van der Waals surface area contributed by atoms with E-state index >= 15 is 4.39 Å². The Morgan fingerprint density at radius 2 is 2.06 bits per heavy atom. The van der Waals surface area contributed by atoms with Gasteiger partial charge in [0.2, 0.25) is 5.91 Å². The van der Waals surface area contributed by atoms with Crippen LogP contribution in [0.25, 0.3) is 11.0 Å². The maximum atomic E-state index is 15.3. The van der Waals surface area contributed by atoms with E-state index in [0.29, 0.717) is 60.0 Å². The zero-order valence-corrected chi connectivity index (χ0v) is 20.3. The predicted molar refractivity (Wildman–Crippen MR) is 126 cm³/mol. The molecule has 0 bridgehead atoms. The summed E-state index contributed by atoms with van der Waals surface area (Å²) in [6, 6.07) is 1.40. The van der Waals surface area contributed by atoms with Crippen molar-refractivity contribution in [3.8, 4) is 5.75 Å². The lowest BCUT2D eigenvalue weighted by Crippen LogP contribution is -2.61. The molecule has 9 nitrogen and oxygen atoms in total. The first kappa shape index (κ1) is 22.8. The molecule has 3 aromatic rings. The minimum absolute atomic E-state index is 0.0278. The first-order valence-corrected chi connectivity index (χ1v) is 11.7. The van der Waals surface area contributed by atoms with E-state index < -0.39 is 5.82 Å². The Balaban J connectivity index is 1.56. The molecule has 2 aromatic heterocycles. The van der Waals surface area contributed by atoms with Gasteiger partial charge in [-0.05, 0) is 26.8 Å². The summed E-state index contributed by atoms with van der Waals surface area (Å²) in [4.78, 5) is 24.1. The van der Waals surface area contributed by atoms with Gasteiger partial charge in [0.05, 0.1) is 22.1 Å². The van der Waals surface area contributed by atoms with Gasteiger partial charge >= 0.3 is 0 Å². The van der Waals surface area contributed by atoms with Crippen LogP contribution in [0.2, 0.25) is 5.02 Å². The van der Waals surface area contributed by atoms with Crippen molar-refractivity contribution in [1.29, 1.82) is 0 Å². The van der Waals surface area contributed by atoms with Gasteiger partial charge in [-0.15, -0.1) is 0 Å². The Morgan fingerprint density at radius 3 is 2.76 bits per heavy atom. The highest BCUT2D eigenvalue weighted by atomic mass is 35.5. The first-order chi connectivity index (χ1) is 16.2. The average molecular weight is 488 g/mol. The molecule has 1 saturated heterocycles. The third-order valence-corrected chi connectivity index (χ3v) is 7.07. The zero-order valence-electron chi connectivity index (χ0n) is 19.5. The van der Waals surface area contributed by atoms with Crippen molar-refractivity contribution in [2.24, 2.45) is 0 Å². The van der Waals surface area contributed by atoms with E-state index in [4.69, 9.17) is 22.1 Å². The van der Waals surface area contributed by atoms with Crippen molar-refractivity contribution in [3.05, 3.63) is 40.1 Å². The van der Waals surface area contributed by atoms with Crippen LogP contribution in [0.3, 0.4) is 0 Å². The van der Waals surface area contributed by atoms with E-state index in [2.05, 4.69) is 20.0 Å². The van der Waals surface area contributed by atoms with E-state index in [-0.39, 0.29) is 29.1 Å². The molecule has 0 aliphatic carbocycles. The number of carbonyl (C=O) groups is 1. The van der Waals surface area contributed by atoms with Crippen LogP contribution in [0.1, 0.15) is 43.6 Å². The summed E-state index contributed by atoms with van der Waals surface area (Å²) in [6.45, 7) is 9.53. The van der Waals surface area contributed by atoms with E-state index in [1.165, 1.54) is 6.33 Å². The summed E-state index contributed by atoms with van der Waals surface area (Å²) in [5, 5.41) is 5.37. The lowest BCUT2D eigenvalue weighted by Gasteiger charge is -2.45. The maximum Gasteiger partial charge on any atom is 0.219 e. The van der Waals surface area contributed by atoms with Crippen molar-refractivity contribution < 1.29 is 13.9 Å². The minimum atomic E-state index is -0.484. The number of carbonyl (C=O) groups excluding carboxylic acids is 1. The summed E-state index contributed by atoms with van der Waals surface area (Å²) in [5.41, 5.74) is 8.50. The third-order valence-electron chi connectivity index (χ3n) is 6.80. The second-order valence-corrected chi connectivity index (χ2v) is 9.58. The summed E-state index contributed by atoms with van der Waals surface area (Å²) in [5.74, 6) is 0.405. The number of benzene rings is 1. The van der Waals surface area contributed by atoms with Crippen LogP contribution in [-0.4, -0.2) is 67.2 Å². The zero-order chi connectivity index (χ0) is 24.3. The van der Waals surface area contributed by atoms with Gasteiger partial charge in [-0.1, -0.05) is 11.6 Å². The van der Waals surface area contributed by atoms with Gasteiger partial charge < -0.3 is 15.4 Å².